The van der Waals surface area contributed by atoms with Gasteiger partial charge in [-0.05, 0) is 60.5 Å². The molecule has 0 atom stereocenters. The van der Waals surface area contributed by atoms with Gasteiger partial charge in [0.1, 0.15) is 0 Å². The van der Waals surface area contributed by atoms with E-state index in [1.165, 1.54) is 0 Å². The smallest absolute Gasteiger partial charge is 0.287 e. The highest BCUT2D eigenvalue weighted by molar-refractivity contribution is 6.36. The van der Waals surface area contributed by atoms with Gasteiger partial charge in [-0.1, -0.05) is 0 Å². The predicted octanol–water partition coefficient (Wildman–Crippen LogP) is 0.355. The molecule has 0 bridgehead atoms. The number of ketones is 1. The molecule has 0 heterocycles. The second-order valence-corrected chi connectivity index (χ2v) is 5.10. The highest BCUT2D eigenvalue weighted by Crippen LogP contribution is 1.97. The van der Waals surface area contributed by atoms with Crippen molar-refractivity contribution in [2.45, 2.75) is 25.7 Å². The molecule has 0 aromatic heterocycles. The van der Waals surface area contributed by atoms with Crippen LogP contribution in [-0.4, -0.2) is 69.3 Å². The fourth-order valence-electron chi connectivity index (χ4n) is 1.52. The molecule has 0 aromatic rings. The molecule has 18 heavy (non-hydrogen) atoms. The normalized spacial score (nSPS) is 11.0. The van der Waals surface area contributed by atoms with E-state index in [0.29, 0.717) is 13.0 Å². The van der Waals surface area contributed by atoms with Gasteiger partial charge >= 0.3 is 0 Å². The number of amides is 1. The van der Waals surface area contributed by atoms with Crippen molar-refractivity contribution >= 4 is 11.7 Å². The van der Waals surface area contributed by atoms with Crippen molar-refractivity contribution in [2.24, 2.45) is 0 Å². The molecule has 0 unspecified atom stereocenters. The summed E-state index contributed by atoms with van der Waals surface area (Å²) in [5, 5.41) is 2.66. The highest BCUT2D eigenvalue weighted by atomic mass is 16.2. The first kappa shape index (κ1) is 17.1. The minimum atomic E-state index is -0.432. The first-order valence-corrected chi connectivity index (χ1v) is 6.54. The Morgan fingerprint density at radius 3 is 2.00 bits per heavy atom. The van der Waals surface area contributed by atoms with Crippen molar-refractivity contribution in [3.05, 3.63) is 0 Å². The van der Waals surface area contributed by atoms with Gasteiger partial charge in [-0.2, -0.15) is 0 Å². The zero-order chi connectivity index (χ0) is 14.0. The van der Waals surface area contributed by atoms with E-state index in [1.54, 1.807) is 0 Å². The fourth-order valence-corrected chi connectivity index (χ4v) is 1.52. The van der Waals surface area contributed by atoms with Crippen molar-refractivity contribution in [3.63, 3.8) is 0 Å². The Balaban J connectivity index is 3.55. The molecule has 5 nitrogen and oxygen atoms in total. The number of hydrogen-bond acceptors (Lipinski definition) is 4. The van der Waals surface area contributed by atoms with Crippen molar-refractivity contribution in [2.75, 3.05) is 47.8 Å². The third-order valence-corrected chi connectivity index (χ3v) is 2.58. The molecule has 0 spiro atoms. The van der Waals surface area contributed by atoms with E-state index in [9.17, 15) is 9.59 Å². The number of rotatable bonds is 10. The second-order valence-electron chi connectivity index (χ2n) is 5.10. The van der Waals surface area contributed by atoms with E-state index in [4.69, 9.17) is 0 Å². The number of Topliss-reactive ketones (excluding diaryl/α,β-unsaturated/α-hetero) is 1. The van der Waals surface area contributed by atoms with Crippen LogP contribution >= 0.6 is 0 Å². The van der Waals surface area contributed by atoms with E-state index in [-0.39, 0.29) is 5.78 Å². The maximum atomic E-state index is 11.5. The van der Waals surface area contributed by atoms with Gasteiger partial charge in [-0.3, -0.25) is 9.59 Å². The SMILES string of the molecule is CN(C)CCCCC(=O)C(=O)NCCCN(C)C. The summed E-state index contributed by atoms with van der Waals surface area (Å²) < 4.78 is 0. The number of carbonyl (C=O) groups is 2. The minimum absolute atomic E-state index is 0.293. The Morgan fingerprint density at radius 1 is 0.889 bits per heavy atom. The molecule has 0 aliphatic heterocycles. The molecule has 1 N–H and O–H groups in total. The van der Waals surface area contributed by atoms with E-state index < -0.39 is 5.91 Å². The van der Waals surface area contributed by atoms with E-state index in [0.717, 1.165) is 32.4 Å². The van der Waals surface area contributed by atoms with E-state index in [1.807, 2.05) is 28.2 Å². The van der Waals surface area contributed by atoms with Gasteiger partial charge in [0, 0.05) is 13.0 Å². The molecule has 106 valence electrons. The topological polar surface area (TPSA) is 52.7 Å². The number of nitrogens with zero attached hydrogens (tertiary/aromatic N) is 2. The van der Waals surface area contributed by atoms with Crippen LogP contribution in [0, 0.1) is 0 Å². The van der Waals surface area contributed by atoms with Crippen LogP contribution < -0.4 is 5.32 Å². The Hall–Kier alpha value is -0.940. The summed E-state index contributed by atoms with van der Waals surface area (Å²) in [6, 6.07) is 0. The molecule has 0 radical (unpaired) electrons. The van der Waals surface area contributed by atoms with Crippen LogP contribution in [0.2, 0.25) is 0 Å². The third kappa shape index (κ3) is 10.2. The quantitative estimate of drug-likeness (QED) is 0.453. The van der Waals surface area contributed by atoms with E-state index in [2.05, 4.69) is 15.1 Å². The zero-order valence-electron chi connectivity index (χ0n) is 12.2. The summed E-state index contributed by atoms with van der Waals surface area (Å²) in [5.74, 6) is -0.725. The van der Waals surface area contributed by atoms with Gasteiger partial charge in [0.25, 0.3) is 5.91 Å². The molecule has 0 saturated heterocycles. The zero-order valence-corrected chi connectivity index (χ0v) is 12.2. The van der Waals surface area contributed by atoms with Crippen molar-refractivity contribution in [3.8, 4) is 0 Å². The maximum absolute atomic E-state index is 11.5. The van der Waals surface area contributed by atoms with Gasteiger partial charge in [0.15, 0.2) is 0 Å². The summed E-state index contributed by atoms with van der Waals surface area (Å²) in [6.07, 6.45) is 2.95. The minimum Gasteiger partial charge on any atom is -0.349 e. The number of nitrogens with one attached hydrogen (secondary N) is 1. The summed E-state index contributed by atoms with van der Waals surface area (Å²) in [6.45, 7) is 2.44. The Morgan fingerprint density at radius 2 is 1.44 bits per heavy atom. The molecular formula is C13H27N3O2. The lowest BCUT2D eigenvalue weighted by molar-refractivity contribution is -0.138. The van der Waals surface area contributed by atoms with Crippen LogP contribution in [0.1, 0.15) is 25.7 Å². The Labute approximate surface area is 111 Å². The molecule has 0 saturated carbocycles. The fraction of sp³-hybridized carbons (Fsp3) is 0.846. The van der Waals surface area contributed by atoms with Crippen LogP contribution in [0.25, 0.3) is 0 Å². The van der Waals surface area contributed by atoms with Gasteiger partial charge < -0.3 is 15.1 Å². The summed E-state index contributed by atoms with van der Waals surface area (Å²) >= 11 is 0. The first-order chi connectivity index (χ1) is 8.43. The average Bonchev–Trinajstić information content (AvgIpc) is 2.29. The van der Waals surface area contributed by atoms with Gasteiger partial charge in [-0.15, -0.1) is 0 Å². The van der Waals surface area contributed by atoms with Crippen molar-refractivity contribution < 1.29 is 9.59 Å². The number of carbonyl (C=O) groups excluding carboxylic acids is 2. The van der Waals surface area contributed by atoms with Gasteiger partial charge in [0.2, 0.25) is 5.78 Å². The largest absolute Gasteiger partial charge is 0.349 e. The van der Waals surface area contributed by atoms with Crippen molar-refractivity contribution in [1.82, 2.24) is 15.1 Å². The standard InChI is InChI=1S/C13H27N3O2/c1-15(2)10-6-5-8-12(17)13(18)14-9-7-11-16(3)4/h5-11H2,1-4H3,(H,14,18). The summed E-state index contributed by atoms with van der Waals surface area (Å²) in [7, 11) is 7.97. The van der Waals surface area contributed by atoms with Gasteiger partial charge in [-0.25, -0.2) is 0 Å². The molecule has 1 amide bonds. The predicted molar refractivity (Wildman–Crippen MR) is 73.6 cm³/mol. The lowest BCUT2D eigenvalue weighted by Crippen LogP contribution is -2.33. The lowest BCUT2D eigenvalue weighted by atomic mass is 10.1. The third-order valence-electron chi connectivity index (χ3n) is 2.58. The van der Waals surface area contributed by atoms with E-state index >= 15 is 0 Å². The van der Waals surface area contributed by atoms with Crippen LogP contribution in [0.3, 0.4) is 0 Å². The van der Waals surface area contributed by atoms with Crippen molar-refractivity contribution in [1.29, 1.82) is 0 Å². The average molecular weight is 257 g/mol. The monoisotopic (exact) mass is 257 g/mol. The summed E-state index contributed by atoms with van der Waals surface area (Å²) in [4.78, 5) is 27.0. The number of hydrogen-bond donors (Lipinski definition) is 1. The highest BCUT2D eigenvalue weighted by Gasteiger charge is 2.11. The molecule has 0 rings (SSSR count). The van der Waals surface area contributed by atoms with Crippen LogP contribution in [-0.2, 0) is 9.59 Å². The first-order valence-electron chi connectivity index (χ1n) is 6.54. The van der Waals surface area contributed by atoms with Crippen LogP contribution in [0.4, 0.5) is 0 Å². The molecule has 0 aliphatic rings. The Kier molecular flexibility index (Phi) is 9.50. The molecule has 0 fully saturated rings. The molecule has 5 heteroatoms. The van der Waals surface area contributed by atoms with Crippen LogP contribution in [0.5, 0.6) is 0 Å². The summed E-state index contributed by atoms with van der Waals surface area (Å²) in [5.41, 5.74) is 0. The van der Waals surface area contributed by atoms with Crippen LogP contribution in [0.15, 0.2) is 0 Å². The second kappa shape index (κ2) is 10.0. The van der Waals surface area contributed by atoms with Gasteiger partial charge in [0.05, 0.1) is 0 Å². The molecule has 0 aliphatic carbocycles. The Bertz CT molecular complexity index is 227. The maximum Gasteiger partial charge on any atom is 0.287 e. The molecular weight excluding hydrogens is 230 g/mol. The number of unbranched alkanes of at least 4 members (excludes halogenated alkanes) is 1. The lowest BCUT2D eigenvalue weighted by Gasteiger charge is -2.10. The molecule has 0 aromatic carbocycles.